The molecule has 22 heavy (non-hydrogen) atoms. The van der Waals surface area contributed by atoms with Gasteiger partial charge in [0.1, 0.15) is 11.4 Å². The van der Waals surface area contributed by atoms with E-state index < -0.39 is 5.60 Å². The normalized spacial score (nSPS) is 16.6. The summed E-state index contributed by atoms with van der Waals surface area (Å²) in [5.74, 6) is 0.303. The van der Waals surface area contributed by atoms with Gasteiger partial charge in [0.2, 0.25) is 0 Å². The van der Waals surface area contributed by atoms with Gasteiger partial charge in [-0.1, -0.05) is 15.9 Å². The van der Waals surface area contributed by atoms with Gasteiger partial charge in [-0.05, 0) is 39.0 Å². The first-order chi connectivity index (χ1) is 10.2. The quantitative estimate of drug-likeness (QED) is 0.868. The number of phenolic OH excluding ortho intramolecular Hbond substituents is 1. The lowest BCUT2D eigenvalue weighted by Crippen LogP contribution is -2.49. The number of piperazine rings is 1. The molecule has 0 saturated carbocycles. The van der Waals surface area contributed by atoms with Crippen molar-refractivity contribution >= 4 is 22.0 Å². The van der Waals surface area contributed by atoms with E-state index in [4.69, 9.17) is 4.74 Å². The van der Waals surface area contributed by atoms with Gasteiger partial charge in [-0.15, -0.1) is 0 Å². The Morgan fingerprint density at radius 3 is 2.50 bits per heavy atom. The van der Waals surface area contributed by atoms with Crippen molar-refractivity contribution in [2.75, 3.05) is 26.2 Å². The van der Waals surface area contributed by atoms with Gasteiger partial charge >= 0.3 is 6.09 Å². The fourth-order valence-corrected chi connectivity index (χ4v) is 2.75. The average Bonchev–Trinajstić information content (AvgIpc) is 2.42. The van der Waals surface area contributed by atoms with Crippen molar-refractivity contribution in [1.29, 1.82) is 0 Å². The van der Waals surface area contributed by atoms with Crippen LogP contribution in [0.5, 0.6) is 5.75 Å². The second-order valence-corrected chi connectivity index (χ2v) is 7.43. The fraction of sp³-hybridized carbons (Fsp3) is 0.562. The number of rotatable bonds is 2. The third kappa shape index (κ3) is 4.88. The van der Waals surface area contributed by atoms with Gasteiger partial charge in [0.25, 0.3) is 0 Å². The molecule has 1 aromatic carbocycles. The van der Waals surface area contributed by atoms with E-state index in [0.717, 1.165) is 23.1 Å². The lowest BCUT2D eigenvalue weighted by molar-refractivity contribution is 0.0138. The third-order valence-electron chi connectivity index (χ3n) is 3.46. The van der Waals surface area contributed by atoms with E-state index in [9.17, 15) is 9.90 Å². The van der Waals surface area contributed by atoms with E-state index in [1.54, 1.807) is 11.0 Å². The molecule has 122 valence electrons. The van der Waals surface area contributed by atoms with Gasteiger partial charge in [0, 0.05) is 42.8 Å². The molecule has 6 heteroatoms. The molecule has 0 unspecified atom stereocenters. The molecule has 1 N–H and O–H groups in total. The smallest absolute Gasteiger partial charge is 0.410 e. The molecule has 1 amide bonds. The Balaban J connectivity index is 1.87. The van der Waals surface area contributed by atoms with E-state index >= 15 is 0 Å². The van der Waals surface area contributed by atoms with Crippen molar-refractivity contribution in [2.45, 2.75) is 32.9 Å². The molecule has 0 aliphatic carbocycles. The van der Waals surface area contributed by atoms with Gasteiger partial charge in [-0.3, -0.25) is 4.90 Å². The molecule has 1 aliphatic heterocycles. The standard InChI is InChI=1S/C16H23BrN2O3/c1-16(2,3)22-15(21)19-8-6-18(7-9-19)11-12-10-13(17)4-5-14(12)20/h4-5,10,20H,6-9,11H2,1-3H3. The summed E-state index contributed by atoms with van der Waals surface area (Å²) in [4.78, 5) is 16.0. The summed E-state index contributed by atoms with van der Waals surface area (Å²) >= 11 is 3.42. The third-order valence-corrected chi connectivity index (χ3v) is 3.95. The highest BCUT2D eigenvalue weighted by atomic mass is 79.9. The van der Waals surface area contributed by atoms with Crippen LogP contribution in [0.15, 0.2) is 22.7 Å². The summed E-state index contributed by atoms with van der Waals surface area (Å²) in [5.41, 5.74) is 0.427. The predicted molar refractivity (Wildman–Crippen MR) is 88.9 cm³/mol. The molecule has 0 atom stereocenters. The zero-order chi connectivity index (χ0) is 16.3. The lowest BCUT2D eigenvalue weighted by atomic mass is 10.1. The number of benzene rings is 1. The van der Waals surface area contributed by atoms with E-state index in [1.165, 1.54) is 0 Å². The molecule has 0 aromatic heterocycles. The molecule has 1 aromatic rings. The summed E-state index contributed by atoms with van der Waals surface area (Å²) in [6.45, 7) is 9.11. The van der Waals surface area contributed by atoms with Crippen LogP contribution in [-0.2, 0) is 11.3 Å². The van der Waals surface area contributed by atoms with Crippen LogP contribution in [0, 0.1) is 0 Å². The molecule has 1 saturated heterocycles. The van der Waals surface area contributed by atoms with Gasteiger partial charge in [-0.25, -0.2) is 4.79 Å². The number of carbonyl (C=O) groups is 1. The van der Waals surface area contributed by atoms with E-state index in [2.05, 4.69) is 20.8 Å². The van der Waals surface area contributed by atoms with Gasteiger partial charge in [0.05, 0.1) is 0 Å². The summed E-state index contributed by atoms with van der Waals surface area (Å²) in [5, 5.41) is 9.90. The molecule has 1 heterocycles. The molecular formula is C16H23BrN2O3. The Morgan fingerprint density at radius 1 is 1.27 bits per heavy atom. The maximum absolute atomic E-state index is 12.0. The monoisotopic (exact) mass is 370 g/mol. The lowest BCUT2D eigenvalue weighted by Gasteiger charge is -2.35. The number of hydrogen-bond acceptors (Lipinski definition) is 4. The molecule has 0 radical (unpaired) electrons. The van der Waals surface area contributed by atoms with Crippen LogP contribution in [0.1, 0.15) is 26.3 Å². The van der Waals surface area contributed by atoms with E-state index in [1.807, 2.05) is 32.9 Å². The number of hydrogen-bond donors (Lipinski definition) is 1. The Labute approximate surface area is 140 Å². The van der Waals surface area contributed by atoms with Crippen LogP contribution in [-0.4, -0.2) is 52.8 Å². The average molecular weight is 371 g/mol. The fourth-order valence-electron chi connectivity index (χ4n) is 2.34. The highest BCUT2D eigenvalue weighted by Gasteiger charge is 2.26. The Kier molecular flexibility index (Phi) is 5.34. The predicted octanol–water partition coefficient (Wildman–Crippen LogP) is 3.21. The molecule has 0 bridgehead atoms. The van der Waals surface area contributed by atoms with Crippen molar-refractivity contribution < 1.29 is 14.6 Å². The van der Waals surface area contributed by atoms with Crippen LogP contribution in [0.3, 0.4) is 0 Å². The van der Waals surface area contributed by atoms with Crippen molar-refractivity contribution in [3.05, 3.63) is 28.2 Å². The van der Waals surface area contributed by atoms with Crippen LogP contribution < -0.4 is 0 Å². The maximum atomic E-state index is 12.0. The number of carbonyl (C=O) groups excluding carboxylic acids is 1. The van der Waals surface area contributed by atoms with Crippen molar-refractivity contribution in [1.82, 2.24) is 9.80 Å². The molecule has 2 rings (SSSR count). The number of aromatic hydroxyl groups is 1. The first-order valence-electron chi connectivity index (χ1n) is 7.42. The summed E-state index contributed by atoms with van der Waals surface area (Å²) in [7, 11) is 0. The number of amides is 1. The maximum Gasteiger partial charge on any atom is 0.410 e. The molecular weight excluding hydrogens is 348 g/mol. The number of halogens is 1. The minimum absolute atomic E-state index is 0.252. The first-order valence-corrected chi connectivity index (χ1v) is 8.21. The highest BCUT2D eigenvalue weighted by molar-refractivity contribution is 9.10. The SMILES string of the molecule is CC(C)(C)OC(=O)N1CCN(Cc2cc(Br)ccc2O)CC1. The molecule has 1 aliphatic rings. The summed E-state index contributed by atoms with van der Waals surface area (Å²) < 4.78 is 6.34. The minimum atomic E-state index is -0.462. The molecule has 5 nitrogen and oxygen atoms in total. The number of phenols is 1. The van der Waals surface area contributed by atoms with E-state index in [-0.39, 0.29) is 6.09 Å². The Morgan fingerprint density at radius 2 is 1.91 bits per heavy atom. The van der Waals surface area contributed by atoms with E-state index in [0.29, 0.717) is 25.4 Å². The van der Waals surface area contributed by atoms with Crippen LogP contribution in [0.25, 0.3) is 0 Å². The second-order valence-electron chi connectivity index (χ2n) is 6.52. The molecule has 0 spiro atoms. The van der Waals surface area contributed by atoms with Gasteiger partial charge in [-0.2, -0.15) is 0 Å². The molecule has 1 fully saturated rings. The Hall–Kier alpha value is -1.27. The van der Waals surface area contributed by atoms with Crippen molar-refractivity contribution in [2.24, 2.45) is 0 Å². The topological polar surface area (TPSA) is 53.0 Å². The highest BCUT2D eigenvalue weighted by Crippen LogP contribution is 2.23. The van der Waals surface area contributed by atoms with Crippen LogP contribution >= 0.6 is 15.9 Å². The zero-order valence-electron chi connectivity index (χ0n) is 13.3. The largest absolute Gasteiger partial charge is 0.508 e. The summed E-state index contributed by atoms with van der Waals surface area (Å²) in [6.07, 6.45) is -0.252. The van der Waals surface area contributed by atoms with Crippen LogP contribution in [0.4, 0.5) is 4.79 Å². The summed E-state index contributed by atoms with van der Waals surface area (Å²) in [6, 6.07) is 5.44. The zero-order valence-corrected chi connectivity index (χ0v) is 14.9. The van der Waals surface area contributed by atoms with Crippen molar-refractivity contribution in [3.63, 3.8) is 0 Å². The first kappa shape index (κ1) is 17.1. The van der Waals surface area contributed by atoms with Crippen molar-refractivity contribution in [3.8, 4) is 5.75 Å². The van der Waals surface area contributed by atoms with Crippen LogP contribution in [0.2, 0.25) is 0 Å². The Bertz CT molecular complexity index is 535. The number of nitrogens with zero attached hydrogens (tertiary/aromatic N) is 2. The second kappa shape index (κ2) is 6.87. The van der Waals surface area contributed by atoms with Gasteiger partial charge < -0.3 is 14.7 Å². The minimum Gasteiger partial charge on any atom is -0.508 e. The van der Waals surface area contributed by atoms with Gasteiger partial charge in [0.15, 0.2) is 0 Å². The number of ether oxygens (including phenoxy) is 1.